The number of rotatable bonds is 8. The summed E-state index contributed by atoms with van der Waals surface area (Å²) in [5.41, 5.74) is 3.13. The third kappa shape index (κ3) is 4.55. The molecule has 0 aliphatic heterocycles. The van der Waals surface area contributed by atoms with Crippen molar-refractivity contribution in [3.05, 3.63) is 87.2 Å². The molecule has 1 amide bonds. The van der Waals surface area contributed by atoms with Crippen LogP contribution in [0.1, 0.15) is 22.4 Å². The van der Waals surface area contributed by atoms with E-state index in [2.05, 4.69) is 22.9 Å². The second-order valence-electron chi connectivity index (χ2n) is 7.69. The van der Waals surface area contributed by atoms with Gasteiger partial charge in [0.1, 0.15) is 16.7 Å². The zero-order valence-corrected chi connectivity index (χ0v) is 20.5. The van der Waals surface area contributed by atoms with E-state index in [1.807, 2.05) is 54.1 Å². The molecule has 0 atom stereocenters. The standard InChI is InChI=1S/C25H23N5O2S2/c1-4-11-29-24(32)19-10-12-33-23(19)28-25(29)34-15-21(31)27-22-20(13-26)16(2)17(3)30(22)14-18-8-6-5-7-9-18/h4-10,12H,1,11,14-15H2,2-3H3,(H,27,31). The van der Waals surface area contributed by atoms with Gasteiger partial charge in [-0.25, -0.2) is 4.98 Å². The lowest BCUT2D eigenvalue weighted by Crippen LogP contribution is -2.23. The van der Waals surface area contributed by atoms with Crippen LogP contribution in [0, 0.1) is 25.2 Å². The molecule has 4 aromatic rings. The van der Waals surface area contributed by atoms with Gasteiger partial charge in [0.2, 0.25) is 5.91 Å². The number of carbonyl (C=O) groups excluding carboxylic acids is 1. The first-order valence-electron chi connectivity index (χ1n) is 10.6. The minimum absolute atomic E-state index is 0.0416. The van der Waals surface area contributed by atoms with Gasteiger partial charge < -0.3 is 9.88 Å². The van der Waals surface area contributed by atoms with E-state index in [1.54, 1.807) is 12.1 Å². The van der Waals surface area contributed by atoms with Crippen LogP contribution in [0.25, 0.3) is 10.2 Å². The Morgan fingerprint density at radius 3 is 2.74 bits per heavy atom. The Labute approximate surface area is 205 Å². The van der Waals surface area contributed by atoms with Gasteiger partial charge in [0.15, 0.2) is 5.16 Å². The predicted octanol–water partition coefficient (Wildman–Crippen LogP) is 4.71. The Hall–Kier alpha value is -3.61. The number of anilines is 1. The highest BCUT2D eigenvalue weighted by Gasteiger charge is 2.20. The van der Waals surface area contributed by atoms with Crippen LogP contribution in [0.4, 0.5) is 5.82 Å². The summed E-state index contributed by atoms with van der Waals surface area (Å²) in [5, 5.41) is 15.5. The number of nitrogens with zero attached hydrogens (tertiary/aromatic N) is 4. The quantitative estimate of drug-likeness (QED) is 0.220. The van der Waals surface area contributed by atoms with E-state index < -0.39 is 0 Å². The van der Waals surface area contributed by atoms with Crippen molar-refractivity contribution in [3.8, 4) is 6.07 Å². The maximum atomic E-state index is 13.0. The molecule has 1 aromatic carbocycles. The zero-order chi connectivity index (χ0) is 24.2. The van der Waals surface area contributed by atoms with Crippen molar-refractivity contribution in [1.82, 2.24) is 14.1 Å². The van der Waals surface area contributed by atoms with Gasteiger partial charge in [-0.2, -0.15) is 5.26 Å². The molecule has 0 unspecified atom stereocenters. The number of nitrogens with one attached hydrogen (secondary N) is 1. The van der Waals surface area contributed by atoms with Crippen LogP contribution in [-0.4, -0.2) is 25.8 Å². The topological polar surface area (TPSA) is 92.7 Å². The van der Waals surface area contributed by atoms with E-state index in [9.17, 15) is 14.9 Å². The van der Waals surface area contributed by atoms with Gasteiger partial charge >= 0.3 is 0 Å². The fraction of sp³-hybridized carbons (Fsp3) is 0.200. The normalized spacial score (nSPS) is 10.9. The van der Waals surface area contributed by atoms with Crippen molar-refractivity contribution < 1.29 is 4.79 Å². The Bertz CT molecular complexity index is 1480. The number of aromatic nitrogens is 3. The molecule has 0 aliphatic rings. The van der Waals surface area contributed by atoms with Crippen LogP contribution in [0.3, 0.4) is 0 Å². The molecule has 0 aliphatic carbocycles. The van der Waals surface area contributed by atoms with Crippen LogP contribution in [0.5, 0.6) is 0 Å². The van der Waals surface area contributed by atoms with E-state index in [0.717, 1.165) is 16.8 Å². The van der Waals surface area contributed by atoms with E-state index in [0.29, 0.717) is 39.8 Å². The van der Waals surface area contributed by atoms with Gasteiger partial charge in [-0.1, -0.05) is 48.2 Å². The molecule has 3 heterocycles. The molecule has 0 radical (unpaired) electrons. The Kier molecular flexibility index (Phi) is 7.01. The lowest BCUT2D eigenvalue weighted by molar-refractivity contribution is -0.113. The first-order chi connectivity index (χ1) is 16.4. The van der Waals surface area contributed by atoms with Gasteiger partial charge in [-0.3, -0.25) is 14.2 Å². The first-order valence-corrected chi connectivity index (χ1v) is 12.5. The van der Waals surface area contributed by atoms with Crippen molar-refractivity contribution in [3.63, 3.8) is 0 Å². The minimum atomic E-state index is -0.279. The monoisotopic (exact) mass is 489 g/mol. The van der Waals surface area contributed by atoms with Crippen LogP contribution in [0.15, 0.2) is 64.4 Å². The summed E-state index contributed by atoms with van der Waals surface area (Å²) in [7, 11) is 0. The van der Waals surface area contributed by atoms with Crippen molar-refractivity contribution in [2.24, 2.45) is 0 Å². The third-order valence-electron chi connectivity index (χ3n) is 5.57. The van der Waals surface area contributed by atoms with Gasteiger partial charge in [0, 0.05) is 18.8 Å². The molecule has 1 N–H and O–H groups in total. The number of nitriles is 1. The largest absolute Gasteiger partial charge is 0.326 e. The maximum absolute atomic E-state index is 13.0. The van der Waals surface area contributed by atoms with E-state index in [4.69, 9.17) is 0 Å². The van der Waals surface area contributed by atoms with Crippen molar-refractivity contribution in [1.29, 1.82) is 5.26 Å². The van der Waals surface area contributed by atoms with Crippen molar-refractivity contribution in [2.75, 3.05) is 11.1 Å². The molecule has 0 saturated carbocycles. The summed E-state index contributed by atoms with van der Waals surface area (Å²) in [6.45, 7) is 8.39. The van der Waals surface area contributed by atoms with Gasteiger partial charge in [0.25, 0.3) is 5.56 Å². The Balaban J connectivity index is 1.59. The predicted molar refractivity (Wildman–Crippen MR) is 138 cm³/mol. The second-order valence-corrected chi connectivity index (χ2v) is 9.53. The SMILES string of the molecule is C=CCn1c(SCC(=O)Nc2c(C#N)c(C)c(C)n2Cc2ccccc2)nc2sccc2c1=O. The second kappa shape index (κ2) is 10.1. The average Bonchev–Trinajstić information content (AvgIpc) is 3.39. The lowest BCUT2D eigenvalue weighted by Gasteiger charge is -2.14. The van der Waals surface area contributed by atoms with Gasteiger partial charge in [-0.05, 0) is 36.4 Å². The number of hydrogen-bond donors (Lipinski definition) is 1. The summed E-state index contributed by atoms with van der Waals surface area (Å²) >= 11 is 2.58. The highest BCUT2D eigenvalue weighted by Crippen LogP contribution is 2.28. The van der Waals surface area contributed by atoms with Gasteiger partial charge in [0.05, 0.1) is 16.7 Å². The number of thioether (sulfide) groups is 1. The summed E-state index contributed by atoms with van der Waals surface area (Å²) < 4.78 is 3.47. The molecule has 0 saturated heterocycles. The molecule has 0 spiro atoms. The summed E-state index contributed by atoms with van der Waals surface area (Å²) in [4.78, 5) is 31.0. The Morgan fingerprint density at radius 1 is 1.26 bits per heavy atom. The van der Waals surface area contributed by atoms with Crippen LogP contribution in [0.2, 0.25) is 0 Å². The molecule has 34 heavy (non-hydrogen) atoms. The van der Waals surface area contributed by atoms with Crippen molar-refractivity contribution in [2.45, 2.75) is 32.1 Å². The highest BCUT2D eigenvalue weighted by molar-refractivity contribution is 7.99. The molecule has 7 nitrogen and oxygen atoms in total. The summed E-state index contributed by atoms with van der Waals surface area (Å²) in [5.74, 6) is 0.246. The van der Waals surface area contributed by atoms with Gasteiger partial charge in [-0.15, -0.1) is 17.9 Å². The van der Waals surface area contributed by atoms with Crippen LogP contribution in [-0.2, 0) is 17.9 Å². The fourth-order valence-corrected chi connectivity index (χ4v) is 5.34. The summed E-state index contributed by atoms with van der Waals surface area (Å²) in [6.07, 6.45) is 1.63. The Morgan fingerprint density at radius 2 is 2.03 bits per heavy atom. The molecule has 0 bridgehead atoms. The number of amides is 1. The molecular weight excluding hydrogens is 466 g/mol. The molecule has 3 aromatic heterocycles. The molecule has 0 fully saturated rings. The number of hydrogen-bond acceptors (Lipinski definition) is 6. The van der Waals surface area contributed by atoms with E-state index in [1.165, 1.54) is 27.7 Å². The number of carbonyl (C=O) groups is 1. The number of allylic oxidation sites excluding steroid dienone is 1. The molecule has 4 rings (SSSR count). The smallest absolute Gasteiger partial charge is 0.263 e. The number of benzene rings is 1. The maximum Gasteiger partial charge on any atom is 0.263 e. The molecule has 9 heteroatoms. The lowest BCUT2D eigenvalue weighted by atomic mass is 10.2. The number of thiophene rings is 1. The van der Waals surface area contributed by atoms with Crippen molar-refractivity contribution >= 4 is 45.0 Å². The first kappa shape index (κ1) is 23.5. The van der Waals surface area contributed by atoms with Crippen LogP contribution >= 0.6 is 23.1 Å². The van der Waals surface area contributed by atoms with Crippen LogP contribution < -0.4 is 10.9 Å². The molecular formula is C25H23N5O2S2. The minimum Gasteiger partial charge on any atom is -0.326 e. The number of fused-ring (bicyclic) bond motifs is 1. The van der Waals surface area contributed by atoms with E-state index in [-0.39, 0.29) is 17.2 Å². The highest BCUT2D eigenvalue weighted by atomic mass is 32.2. The molecule has 172 valence electrons. The zero-order valence-electron chi connectivity index (χ0n) is 18.9. The van der Waals surface area contributed by atoms with E-state index >= 15 is 0 Å². The fourth-order valence-electron chi connectivity index (χ4n) is 3.72. The average molecular weight is 490 g/mol. The summed E-state index contributed by atoms with van der Waals surface area (Å²) in [6, 6.07) is 13.9. The third-order valence-corrected chi connectivity index (χ3v) is 7.36.